The van der Waals surface area contributed by atoms with Crippen LogP contribution < -0.4 is 15.7 Å². The minimum atomic E-state index is -1.07. The Morgan fingerprint density at radius 3 is 2.62 bits per heavy atom. The summed E-state index contributed by atoms with van der Waals surface area (Å²) in [4.78, 5) is 35.4. The molecule has 0 radical (unpaired) electrons. The summed E-state index contributed by atoms with van der Waals surface area (Å²) in [5.41, 5.74) is 1.59. The molecule has 2 rings (SSSR count). The van der Waals surface area contributed by atoms with Crippen LogP contribution in [-0.4, -0.2) is 29.6 Å². The van der Waals surface area contributed by atoms with E-state index in [2.05, 4.69) is 12.2 Å². The highest BCUT2D eigenvalue weighted by Crippen LogP contribution is 2.29. The lowest BCUT2D eigenvalue weighted by molar-refractivity contribution is -0.142. The number of hydrogen-bond donors (Lipinski definition) is 2. The molecule has 0 fully saturated rings. The van der Waals surface area contributed by atoms with Gasteiger partial charge >= 0.3 is 11.6 Å². The van der Waals surface area contributed by atoms with E-state index in [1.165, 1.54) is 6.07 Å². The molecule has 1 unspecified atom stereocenters. The number of carbonyl (C=O) groups is 2. The van der Waals surface area contributed by atoms with Crippen molar-refractivity contribution in [3.05, 3.63) is 39.7 Å². The predicted molar refractivity (Wildman–Crippen MR) is 110 cm³/mol. The third-order valence-electron chi connectivity index (χ3n) is 4.70. The van der Waals surface area contributed by atoms with E-state index in [0.29, 0.717) is 23.3 Å². The molecule has 2 N–H and O–H groups in total. The van der Waals surface area contributed by atoms with Gasteiger partial charge in [-0.1, -0.05) is 27.2 Å². The number of amides is 1. The van der Waals surface area contributed by atoms with Crippen LogP contribution >= 0.6 is 0 Å². The standard InChI is InChI=1S/C22H29NO6/c1-5-6-7-15-11-20(25)29-21-14(4)18(9-8-16(15)21)28-12-19(24)23-17(22(26)27)10-13(2)3/h8-9,11,13,17H,5-7,10,12H2,1-4H3,(H,23,24)(H,26,27). The molecule has 0 aliphatic rings. The van der Waals surface area contributed by atoms with Crippen LogP contribution in [0.15, 0.2) is 27.4 Å². The molecule has 0 aliphatic carbocycles. The van der Waals surface area contributed by atoms with Gasteiger partial charge in [0.1, 0.15) is 17.4 Å². The largest absolute Gasteiger partial charge is 0.483 e. The number of benzene rings is 1. The number of hydrogen-bond acceptors (Lipinski definition) is 5. The highest BCUT2D eigenvalue weighted by atomic mass is 16.5. The molecule has 7 nitrogen and oxygen atoms in total. The van der Waals surface area contributed by atoms with Crippen LogP contribution in [-0.2, 0) is 16.0 Å². The molecule has 0 bridgehead atoms. The molecule has 0 spiro atoms. The molecule has 1 aromatic heterocycles. The van der Waals surface area contributed by atoms with Crippen molar-refractivity contribution in [1.82, 2.24) is 5.32 Å². The Bertz CT molecular complexity index is 931. The van der Waals surface area contributed by atoms with Crippen molar-refractivity contribution in [1.29, 1.82) is 0 Å². The van der Waals surface area contributed by atoms with Crippen LogP contribution in [0, 0.1) is 12.8 Å². The average Bonchev–Trinajstić information content (AvgIpc) is 2.65. The van der Waals surface area contributed by atoms with E-state index in [4.69, 9.17) is 9.15 Å². The molecule has 0 aliphatic heterocycles. The van der Waals surface area contributed by atoms with Gasteiger partial charge in [0.15, 0.2) is 6.61 Å². The number of carboxylic acid groups (broad SMARTS) is 1. The number of nitrogens with one attached hydrogen (secondary N) is 1. The van der Waals surface area contributed by atoms with E-state index < -0.39 is 23.5 Å². The summed E-state index contributed by atoms with van der Waals surface area (Å²) < 4.78 is 11.0. The van der Waals surface area contributed by atoms with Gasteiger partial charge in [-0.25, -0.2) is 9.59 Å². The molecule has 158 valence electrons. The summed E-state index contributed by atoms with van der Waals surface area (Å²) in [5, 5.41) is 12.6. The number of ether oxygens (including phenoxy) is 1. The normalized spacial score (nSPS) is 12.2. The Labute approximate surface area is 170 Å². The second kappa shape index (κ2) is 10.1. The van der Waals surface area contributed by atoms with Gasteiger partial charge in [-0.3, -0.25) is 4.79 Å². The fraction of sp³-hybridized carbons (Fsp3) is 0.500. The van der Waals surface area contributed by atoms with E-state index in [0.717, 1.165) is 30.2 Å². The van der Waals surface area contributed by atoms with Crippen molar-refractivity contribution in [3.8, 4) is 5.75 Å². The van der Waals surface area contributed by atoms with Gasteiger partial charge in [-0.05, 0) is 49.8 Å². The van der Waals surface area contributed by atoms with Crippen LogP contribution in [0.25, 0.3) is 11.0 Å². The van der Waals surface area contributed by atoms with Crippen molar-refractivity contribution >= 4 is 22.8 Å². The number of carboxylic acids is 1. The van der Waals surface area contributed by atoms with Crippen LogP contribution in [0.4, 0.5) is 0 Å². The topological polar surface area (TPSA) is 106 Å². The molecule has 1 amide bonds. The SMILES string of the molecule is CCCCc1cc(=O)oc2c(C)c(OCC(=O)NC(CC(C)C)C(=O)O)ccc12. The van der Waals surface area contributed by atoms with Gasteiger partial charge in [0, 0.05) is 17.0 Å². The lowest BCUT2D eigenvalue weighted by Gasteiger charge is -2.17. The quantitative estimate of drug-likeness (QED) is 0.589. The molecule has 7 heteroatoms. The highest BCUT2D eigenvalue weighted by Gasteiger charge is 2.21. The average molecular weight is 403 g/mol. The van der Waals surface area contributed by atoms with Crippen molar-refractivity contribution in [2.75, 3.05) is 6.61 Å². The maximum absolute atomic E-state index is 12.1. The zero-order valence-corrected chi connectivity index (χ0v) is 17.4. The first-order valence-corrected chi connectivity index (χ1v) is 9.94. The molecule has 2 aromatic rings. The molecule has 0 saturated carbocycles. The van der Waals surface area contributed by atoms with Gasteiger partial charge in [0.05, 0.1) is 0 Å². The lowest BCUT2D eigenvalue weighted by atomic mass is 10.0. The number of rotatable bonds is 10. The maximum atomic E-state index is 12.1. The van der Waals surface area contributed by atoms with Crippen molar-refractivity contribution in [3.63, 3.8) is 0 Å². The lowest BCUT2D eigenvalue weighted by Crippen LogP contribution is -2.43. The number of aliphatic carboxylic acids is 1. The number of aryl methyl sites for hydroxylation is 2. The Morgan fingerprint density at radius 1 is 1.28 bits per heavy atom. The summed E-state index contributed by atoms with van der Waals surface area (Å²) in [6, 6.07) is 4.13. The zero-order valence-electron chi connectivity index (χ0n) is 17.4. The first-order chi connectivity index (χ1) is 13.7. The molecule has 1 aromatic carbocycles. The minimum absolute atomic E-state index is 0.129. The van der Waals surface area contributed by atoms with Crippen LogP contribution in [0.3, 0.4) is 0 Å². The molecular formula is C22H29NO6. The monoisotopic (exact) mass is 403 g/mol. The third kappa shape index (κ3) is 6.07. The van der Waals surface area contributed by atoms with Crippen molar-refractivity contribution < 1.29 is 23.8 Å². The highest BCUT2D eigenvalue weighted by molar-refractivity contribution is 5.86. The smallest absolute Gasteiger partial charge is 0.336 e. The van der Waals surface area contributed by atoms with Crippen molar-refractivity contribution in [2.24, 2.45) is 5.92 Å². The minimum Gasteiger partial charge on any atom is -0.483 e. The summed E-state index contributed by atoms with van der Waals surface area (Å²) in [7, 11) is 0. The summed E-state index contributed by atoms with van der Waals surface area (Å²) in [6.07, 6.45) is 3.11. The van der Waals surface area contributed by atoms with Gasteiger partial charge in [0.2, 0.25) is 0 Å². The van der Waals surface area contributed by atoms with Gasteiger partial charge < -0.3 is 19.6 Å². The number of fused-ring (bicyclic) bond motifs is 1. The molecule has 0 saturated heterocycles. The zero-order chi connectivity index (χ0) is 21.6. The fourth-order valence-electron chi connectivity index (χ4n) is 3.21. The van der Waals surface area contributed by atoms with E-state index >= 15 is 0 Å². The predicted octanol–water partition coefficient (Wildman–Crippen LogP) is 3.44. The van der Waals surface area contributed by atoms with E-state index in [1.807, 2.05) is 19.9 Å². The Balaban J connectivity index is 2.16. The number of unbranched alkanes of at least 4 members (excludes halogenated alkanes) is 1. The van der Waals surface area contributed by atoms with Crippen LogP contribution in [0.1, 0.15) is 51.2 Å². The number of carbonyl (C=O) groups excluding carboxylic acids is 1. The van der Waals surface area contributed by atoms with E-state index in [-0.39, 0.29) is 12.5 Å². The summed E-state index contributed by atoms with van der Waals surface area (Å²) in [5.74, 6) is -1.05. The van der Waals surface area contributed by atoms with Crippen LogP contribution in [0.5, 0.6) is 5.75 Å². The van der Waals surface area contributed by atoms with Crippen molar-refractivity contribution in [2.45, 2.75) is 59.4 Å². The maximum Gasteiger partial charge on any atom is 0.336 e. The molecule has 1 atom stereocenters. The summed E-state index contributed by atoms with van der Waals surface area (Å²) >= 11 is 0. The van der Waals surface area contributed by atoms with Gasteiger partial charge in [-0.15, -0.1) is 0 Å². The molecule has 29 heavy (non-hydrogen) atoms. The Morgan fingerprint density at radius 2 is 2.00 bits per heavy atom. The third-order valence-corrected chi connectivity index (χ3v) is 4.70. The van der Waals surface area contributed by atoms with Gasteiger partial charge in [-0.2, -0.15) is 0 Å². The first-order valence-electron chi connectivity index (χ1n) is 9.94. The van der Waals surface area contributed by atoms with E-state index in [1.54, 1.807) is 13.0 Å². The Hall–Kier alpha value is -2.83. The fourth-order valence-corrected chi connectivity index (χ4v) is 3.21. The summed E-state index contributed by atoms with van der Waals surface area (Å²) in [6.45, 7) is 7.31. The molecular weight excluding hydrogens is 374 g/mol. The molecule has 1 heterocycles. The second-order valence-corrected chi connectivity index (χ2v) is 7.64. The van der Waals surface area contributed by atoms with Gasteiger partial charge in [0.25, 0.3) is 5.91 Å². The second-order valence-electron chi connectivity index (χ2n) is 7.64. The van der Waals surface area contributed by atoms with E-state index in [9.17, 15) is 19.5 Å². The Kier molecular flexibility index (Phi) is 7.82. The first kappa shape index (κ1) is 22.5. The van der Waals surface area contributed by atoms with Crippen LogP contribution in [0.2, 0.25) is 0 Å².